The summed E-state index contributed by atoms with van der Waals surface area (Å²) >= 11 is 3.66. The van der Waals surface area contributed by atoms with Gasteiger partial charge >= 0.3 is 0 Å². The Morgan fingerprint density at radius 2 is 0.761 bits per heavy atom. The van der Waals surface area contributed by atoms with Crippen LogP contribution in [-0.4, -0.2) is 79.3 Å². The summed E-state index contributed by atoms with van der Waals surface area (Å²) in [5, 5.41) is 0. The third kappa shape index (κ3) is 13.6. The Hall–Kier alpha value is -2.66. The van der Waals surface area contributed by atoms with Gasteiger partial charge in [0.15, 0.2) is 0 Å². The number of ether oxygens (including phenoxy) is 6. The van der Waals surface area contributed by atoms with Crippen LogP contribution in [0.5, 0.6) is 0 Å². The van der Waals surface area contributed by atoms with Gasteiger partial charge in [-0.05, 0) is 60.4 Å². The molecule has 4 aromatic rings. The van der Waals surface area contributed by atoms with Crippen molar-refractivity contribution in [3.63, 3.8) is 0 Å². The van der Waals surface area contributed by atoms with E-state index in [-0.39, 0.29) is 0 Å². The minimum Gasteiger partial charge on any atom is -0.379 e. The van der Waals surface area contributed by atoms with E-state index in [2.05, 4.69) is 84.9 Å². The first-order valence-corrected chi connectivity index (χ1v) is 17.9. The van der Waals surface area contributed by atoms with Gasteiger partial charge in [0.2, 0.25) is 0 Å². The molecule has 0 aliphatic heterocycles. The van der Waals surface area contributed by atoms with Crippen molar-refractivity contribution in [1.29, 1.82) is 0 Å². The maximum atomic E-state index is 5.72. The molecule has 0 aliphatic carbocycles. The predicted octanol–water partition coefficient (Wildman–Crippen LogP) is 8.54. The van der Waals surface area contributed by atoms with Gasteiger partial charge in [0, 0.05) is 45.6 Å². The van der Waals surface area contributed by atoms with E-state index in [0.717, 1.165) is 26.1 Å². The van der Waals surface area contributed by atoms with Crippen molar-refractivity contribution < 1.29 is 28.4 Å². The highest BCUT2D eigenvalue weighted by Gasteiger charge is 2.05. The molecule has 0 fully saturated rings. The lowest BCUT2D eigenvalue weighted by Gasteiger charge is -2.05. The lowest BCUT2D eigenvalue weighted by atomic mass is 10.1. The van der Waals surface area contributed by atoms with Crippen LogP contribution >= 0.6 is 22.7 Å². The molecule has 2 aromatic heterocycles. The van der Waals surface area contributed by atoms with Gasteiger partial charge in [-0.1, -0.05) is 60.7 Å². The lowest BCUT2D eigenvalue weighted by molar-refractivity contribution is 0.0176. The zero-order valence-electron chi connectivity index (χ0n) is 27.2. The van der Waals surface area contributed by atoms with Crippen LogP contribution in [0.15, 0.2) is 72.8 Å². The van der Waals surface area contributed by atoms with Crippen LogP contribution in [0, 0.1) is 0 Å². The second kappa shape index (κ2) is 22.0. The normalized spacial score (nSPS) is 11.6. The molecule has 0 unspecified atom stereocenters. The number of benzene rings is 2. The summed E-state index contributed by atoms with van der Waals surface area (Å²) in [4.78, 5) is 5.23. The Morgan fingerprint density at radius 3 is 1.13 bits per heavy atom. The summed E-state index contributed by atoms with van der Waals surface area (Å²) in [6, 6.07) is 26.3. The topological polar surface area (TPSA) is 55.4 Å². The summed E-state index contributed by atoms with van der Waals surface area (Å²) in [6.45, 7) is 11.8. The molecule has 4 rings (SSSR count). The summed E-state index contributed by atoms with van der Waals surface area (Å²) in [6.07, 6.45) is 6.17. The van der Waals surface area contributed by atoms with Gasteiger partial charge < -0.3 is 28.4 Å². The zero-order chi connectivity index (χ0) is 32.1. The number of hydrogen-bond donors (Lipinski definition) is 0. The number of thiophene rings is 2. The van der Waals surface area contributed by atoms with Gasteiger partial charge in [-0.15, -0.1) is 22.7 Å². The average Bonchev–Trinajstić information content (AvgIpc) is 3.77. The van der Waals surface area contributed by atoms with Crippen molar-refractivity contribution in [2.75, 3.05) is 79.3 Å². The predicted molar refractivity (Wildman–Crippen MR) is 192 cm³/mol. The minimum absolute atomic E-state index is 0.607. The molecule has 0 spiro atoms. The van der Waals surface area contributed by atoms with E-state index < -0.39 is 0 Å². The SMILES string of the molecule is CCOCCOCCOCCc1ccc(-c2ccc(/C=C/c3ccc(-c4ccc(CCOCCOCCOCC)s4)cc3)cc2)s1. The molecule has 46 heavy (non-hydrogen) atoms. The quantitative estimate of drug-likeness (QED) is 0.0553. The first kappa shape index (κ1) is 36.2. The summed E-state index contributed by atoms with van der Waals surface area (Å²) in [5.41, 5.74) is 4.85. The highest BCUT2D eigenvalue weighted by Crippen LogP contribution is 2.30. The molecule has 0 atom stereocenters. The molecule has 6 nitrogen and oxygen atoms in total. The van der Waals surface area contributed by atoms with Gasteiger partial charge in [0.1, 0.15) is 0 Å². The van der Waals surface area contributed by atoms with Crippen LogP contribution < -0.4 is 0 Å². The van der Waals surface area contributed by atoms with E-state index in [1.807, 2.05) is 36.5 Å². The van der Waals surface area contributed by atoms with E-state index in [4.69, 9.17) is 28.4 Å². The first-order valence-electron chi connectivity index (χ1n) is 16.3. The van der Waals surface area contributed by atoms with Crippen molar-refractivity contribution in [3.8, 4) is 20.9 Å². The Morgan fingerprint density at radius 1 is 0.413 bits per heavy atom. The van der Waals surface area contributed by atoms with Gasteiger partial charge in [0.05, 0.1) is 66.1 Å². The molecular formula is C38H48O6S2. The van der Waals surface area contributed by atoms with Crippen LogP contribution in [0.3, 0.4) is 0 Å². The molecule has 0 saturated heterocycles. The molecule has 0 radical (unpaired) electrons. The van der Waals surface area contributed by atoms with Crippen molar-refractivity contribution in [2.24, 2.45) is 0 Å². The third-order valence-corrected chi connectivity index (χ3v) is 9.45. The van der Waals surface area contributed by atoms with Crippen LogP contribution in [0.25, 0.3) is 33.0 Å². The van der Waals surface area contributed by atoms with Gasteiger partial charge in [-0.2, -0.15) is 0 Å². The molecule has 0 bridgehead atoms. The van der Waals surface area contributed by atoms with Gasteiger partial charge in [-0.3, -0.25) is 0 Å². The highest BCUT2D eigenvalue weighted by atomic mass is 32.1. The molecule has 0 aliphatic rings. The molecular weight excluding hydrogens is 617 g/mol. The van der Waals surface area contributed by atoms with Crippen LogP contribution in [0.2, 0.25) is 0 Å². The molecule has 8 heteroatoms. The Labute approximate surface area is 282 Å². The van der Waals surface area contributed by atoms with Crippen molar-refractivity contribution in [1.82, 2.24) is 0 Å². The standard InChI is InChI=1S/C38H48O6S2/c1-3-39-23-25-43-29-27-41-21-19-35-15-17-37(45-35)33-11-7-31(8-12-33)5-6-32-9-13-34(14-10-32)38-18-16-36(46-38)20-22-42-28-30-44-26-24-40-4-2/h5-18H,3-4,19-30H2,1-2H3/b6-5+. The van der Waals surface area contributed by atoms with Gasteiger partial charge in [0.25, 0.3) is 0 Å². The van der Waals surface area contributed by atoms with Gasteiger partial charge in [-0.25, -0.2) is 0 Å². The van der Waals surface area contributed by atoms with E-state index in [1.165, 1.54) is 41.8 Å². The fourth-order valence-corrected chi connectivity index (χ4v) is 6.55. The van der Waals surface area contributed by atoms with Crippen molar-refractivity contribution in [3.05, 3.63) is 93.7 Å². The molecule has 0 amide bonds. The van der Waals surface area contributed by atoms with E-state index in [0.29, 0.717) is 66.1 Å². The number of hydrogen-bond acceptors (Lipinski definition) is 8. The smallest absolute Gasteiger partial charge is 0.0701 e. The Balaban J connectivity index is 1.14. The fraction of sp³-hybridized carbons (Fsp3) is 0.421. The van der Waals surface area contributed by atoms with Crippen molar-refractivity contribution >= 4 is 34.8 Å². The average molecular weight is 665 g/mol. The summed E-state index contributed by atoms with van der Waals surface area (Å²) in [7, 11) is 0. The second-order valence-corrected chi connectivity index (χ2v) is 12.8. The first-order chi connectivity index (χ1) is 22.7. The summed E-state index contributed by atoms with van der Waals surface area (Å²) in [5.74, 6) is 0. The highest BCUT2D eigenvalue weighted by molar-refractivity contribution is 7.15. The largest absolute Gasteiger partial charge is 0.379 e. The molecule has 2 heterocycles. The second-order valence-electron chi connectivity index (χ2n) is 10.5. The van der Waals surface area contributed by atoms with E-state index in [1.54, 1.807) is 0 Å². The van der Waals surface area contributed by atoms with E-state index >= 15 is 0 Å². The third-order valence-electron chi connectivity index (χ3n) is 7.06. The monoisotopic (exact) mass is 664 g/mol. The van der Waals surface area contributed by atoms with Crippen molar-refractivity contribution in [2.45, 2.75) is 26.7 Å². The fourth-order valence-electron chi connectivity index (χ4n) is 4.56. The van der Waals surface area contributed by atoms with Crippen LogP contribution in [0.4, 0.5) is 0 Å². The number of rotatable bonds is 24. The van der Waals surface area contributed by atoms with Crippen LogP contribution in [-0.2, 0) is 41.3 Å². The Kier molecular flexibility index (Phi) is 17.3. The zero-order valence-corrected chi connectivity index (χ0v) is 28.9. The molecule has 248 valence electrons. The maximum Gasteiger partial charge on any atom is 0.0701 e. The summed E-state index contributed by atoms with van der Waals surface area (Å²) < 4.78 is 32.9. The Bertz CT molecular complexity index is 1270. The van der Waals surface area contributed by atoms with E-state index in [9.17, 15) is 0 Å². The molecule has 0 N–H and O–H groups in total. The lowest BCUT2D eigenvalue weighted by Crippen LogP contribution is -2.10. The minimum atomic E-state index is 0.607. The molecule has 2 aromatic carbocycles. The van der Waals surface area contributed by atoms with Crippen LogP contribution in [0.1, 0.15) is 34.7 Å². The molecule has 0 saturated carbocycles. The maximum absolute atomic E-state index is 5.72.